The highest BCUT2D eigenvalue weighted by atomic mass is 19.4. The van der Waals surface area contributed by atoms with Gasteiger partial charge in [-0.2, -0.15) is 13.2 Å². The Hall–Kier alpha value is -3.33. The van der Waals surface area contributed by atoms with Gasteiger partial charge >= 0.3 is 12.2 Å². The Morgan fingerprint density at radius 1 is 1.03 bits per heavy atom. The summed E-state index contributed by atoms with van der Waals surface area (Å²) in [6, 6.07) is 14.2. The van der Waals surface area contributed by atoms with E-state index in [0.29, 0.717) is 16.7 Å². The molecule has 29 heavy (non-hydrogen) atoms. The van der Waals surface area contributed by atoms with E-state index in [1.807, 2.05) is 49.0 Å². The van der Waals surface area contributed by atoms with Crippen molar-refractivity contribution in [1.29, 1.82) is 0 Å². The van der Waals surface area contributed by atoms with Crippen molar-refractivity contribution >= 4 is 6.29 Å². The minimum atomic E-state index is -4.38. The maximum Gasteiger partial charge on any atom is 0.416 e. The predicted molar refractivity (Wildman–Crippen MR) is 110 cm³/mol. The average Bonchev–Trinajstić information content (AvgIpc) is 3.08. The van der Waals surface area contributed by atoms with Crippen LogP contribution in [0.1, 0.15) is 29.2 Å². The second kappa shape index (κ2) is 9.24. The molecule has 0 saturated carbocycles. The van der Waals surface area contributed by atoms with Crippen LogP contribution in [0.25, 0.3) is 21.7 Å². The van der Waals surface area contributed by atoms with E-state index in [9.17, 15) is 13.2 Å². The molecule has 3 nitrogen and oxygen atoms in total. The predicted octanol–water partition coefficient (Wildman–Crippen LogP) is 6.30. The number of alkyl halides is 3. The SMILES string of the molecule is CC=O.C[N+]#Cc1cn(-c2ccc(C)c(C)c2)cc1-c1cccc(C(F)(F)F)c1. The van der Waals surface area contributed by atoms with Gasteiger partial charge in [0.25, 0.3) is 7.05 Å². The van der Waals surface area contributed by atoms with E-state index in [0.717, 1.165) is 29.7 Å². The fourth-order valence-corrected chi connectivity index (χ4v) is 2.79. The molecule has 0 N–H and O–H groups in total. The molecule has 1 aromatic heterocycles. The van der Waals surface area contributed by atoms with Crippen LogP contribution in [0, 0.1) is 19.9 Å². The summed E-state index contributed by atoms with van der Waals surface area (Å²) >= 11 is 0. The highest BCUT2D eigenvalue weighted by Crippen LogP contribution is 2.34. The summed E-state index contributed by atoms with van der Waals surface area (Å²) < 4.78 is 41.0. The van der Waals surface area contributed by atoms with Gasteiger partial charge in [0, 0.05) is 23.6 Å². The maximum atomic E-state index is 13.0. The minimum Gasteiger partial charge on any atom is -0.322 e. The lowest BCUT2D eigenvalue weighted by Gasteiger charge is -2.08. The lowest BCUT2D eigenvalue weighted by Crippen LogP contribution is -2.04. The summed E-state index contributed by atoms with van der Waals surface area (Å²) in [5, 5.41) is 0. The first-order chi connectivity index (χ1) is 13.7. The fourth-order valence-electron chi connectivity index (χ4n) is 2.79. The molecule has 6 heteroatoms. The minimum absolute atomic E-state index is 0.480. The molecule has 0 saturated heterocycles. The number of benzene rings is 2. The van der Waals surface area contributed by atoms with E-state index in [4.69, 9.17) is 4.79 Å². The number of nitrogens with zero attached hydrogens (tertiary/aromatic N) is 2. The molecule has 0 radical (unpaired) electrons. The van der Waals surface area contributed by atoms with E-state index in [-0.39, 0.29) is 0 Å². The van der Waals surface area contributed by atoms with E-state index in [1.54, 1.807) is 13.1 Å². The number of carbonyl (C=O) groups is 1. The lowest BCUT2D eigenvalue weighted by molar-refractivity contribution is -0.137. The van der Waals surface area contributed by atoms with Gasteiger partial charge in [0.05, 0.1) is 5.56 Å². The van der Waals surface area contributed by atoms with Crippen molar-refractivity contribution in [3.63, 3.8) is 0 Å². The Morgan fingerprint density at radius 3 is 2.31 bits per heavy atom. The molecule has 0 aliphatic heterocycles. The van der Waals surface area contributed by atoms with Crippen LogP contribution < -0.4 is 0 Å². The van der Waals surface area contributed by atoms with Crippen LogP contribution in [-0.4, -0.2) is 17.9 Å². The molecular weight excluding hydrogens is 377 g/mol. The van der Waals surface area contributed by atoms with Crippen molar-refractivity contribution in [2.75, 3.05) is 7.05 Å². The Morgan fingerprint density at radius 2 is 1.72 bits per heavy atom. The first-order valence-corrected chi connectivity index (χ1v) is 8.93. The number of aryl methyl sites for hydroxylation is 2. The van der Waals surface area contributed by atoms with Gasteiger partial charge in [-0.15, -0.1) is 0 Å². The van der Waals surface area contributed by atoms with E-state index >= 15 is 0 Å². The number of aldehydes is 1. The number of aromatic nitrogens is 1. The third kappa shape index (κ3) is 5.35. The quantitative estimate of drug-likeness (QED) is 0.465. The molecule has 3 aromatic rings. The number of carbonyl (C=O) groups excluding carboxylic acids is 1. The van der Waals surface area contributed by atoms with Crippen molar-refractivity contribution in [1.82, 2.24) is 4.57 Å². The van der Waals surface area contributed by atoms with Crippen molar-refractivity contribution in [3.05, 3.63) is 82.0 Å². The highest BCUT2D eigenvalue weighted by Gasteiger charge is 2.30. The Labute approximate surface area is 168 Å². The van der Waals surface area contributed by atoms with Crippen LogP contribution in [0.5, 0.6) is 0 Å². The van der Waals surface area contributed by atoms with Crippen LogP contribution >= 0.6 is 0 Å². The van der Waals surface area contributed by atoms with Crippen molar-refractivity contribution < 1.29 is 18.0 Å². The van der Waals surface area contributed by atoms with Gasteiger partial charge in [-0.25, -0.2) is 0 Å². The standard InChI is InChI=1S/C21H18F3N2.C2H4O/c1-14-7-8-19(9-15(14)2)26-12-17(11-25-3)20(13-26)16-5-4-6-18(10-16)21(22,23)24;1-2-3/h4-10,12-13H,1-3H3;2H,1H3/q+1;. The molecule has 0 spiro atoms. The highest BCUT2D eigenvalue weighted by molar-refractivity contribution is 5.72. The summed E-state index contributed by atoms with van der Waals surface area (Å²) in [7, 11) is 1.59. The van der Waals surface area contributed by atoms with E-state index in [1.165, 1.54) is 18.6 Å². The second-order valence-corrected chi connectivity index (χ2v) is 6.41. The number of rotatable bonds is 2. The molecule has 0 bridgehead atoms. The molecule has 1 heterocycles. The van der Waals surface area contributed by atoms with Gasteiger partial charge in [0.15, 0.2) is 0 Å². The zero-order valence-corrected chi connectivity index (χ0v) is 16.7. The molecule has 3 rings (SSSR count). The Bertz CT molecular complexity index is 1070. The molecular formula is C23H22F3N2O+. The van der Waals surface area contributed by atoms with Crippen LogP contribution in [0.3, 0.4) is 0 Å². The summed E-state index contributed by atoms with van der Waals surface area (Å²) in [6.45, 7) is 5.50. The summed E-state index contributed by atoms with van der Waals surface area (Å²) in [5.41, 5.74) is 4.37. The molecule has 0 aliphatic carbocycles. The van der Waals surface area contributed by atoms with Gasteiger partial charge in [-0.3, -0.25) is 0 Å². The monoisotopic (exact) mass is 399 g/mol. The van der Waals surface area contributed by atoms with Gasteiger partial charge in [0.1, 0.15) is 11.8 Å². The van der Waals surface area contributed by atoms with E-state index in [2.05, 4.69) is 10.9 Å². The first-order valence-electron chi connectivity index (χ1n) is 8.93. The van der Waals surface area contributed by atoms with E-state index < -0.39 is 11.7 Å². The Kier molecular flexibility index (Phi) is 7.00. The smallest absolute Gasteiger partial charge is 0.322 e. The number of hydrogen-bond donors (Lipinski definition) is 0. The van der Waals surface area contributed by atoms with Gasteiger partial charge in [-0.1, -0.05) is 23.0 Å². The zero-order chi connectivity index (χ0) is 21.6. The van der Waals surface area contributed by atoms with Crippen LogP contribution in [0.15, 0.2) is 54.9 Å². The van der Waals surface area contributed by atoms with Crippen LogP contribution in [-0.2, 0) is 11.0 Å². The number of hydrogen-bond acceptors (Lipinski definition) is 1. The molecule has 0 amide bonds. The molecule has 150 valence electrons. The molecule has 0 atom stereocenters. The molecule has 0 aliphatic rings. The van der Waals surface area contributed by atoms with Gasteiger partial charge < -0.3 is 9.36 Å². The lowest BCUT2D eigenvalue weighted by atomic mass is 10.0. The average molecular weight is 399 g/mol. The molecule has 0 fully saturated rings. The normalized spacial score (nSPS) is 10.4. The fraction of sp³-hybridized carbons (Fsp3) is 0.217. The first kappa shape index (κ1) is 22.0. The molecule has 0 unspecified atom stereocenters. The molecule has 2 aromatic carbocycles. The van der Waals surface area contributed by atoms with Gasteiger partial charge in [0.2, 0.25) is 0 Å². The Balaban J connectivity index is 0.000000941. The van der Waals surface area contributed by atoms with Crippen LogP contribution in [0.2, 0.25) is 0 Å². The van der Waals surface area contributed by atoms with Gasteiger partial charge in [-0.05, 0) is 61.7 Å². The van der Waals surface area contributed by atoms with Crippen molar-refractivity contribution in [3.8, 4) is 22.9 Å². The number of halogens is 3. The summed E-state index contributed by atoms with van der Waals surface area (Å²) in [5.74, 6) is 0. The summed E-state index contributed by atoms with van der Waals surface area (Å²) in [4.78, 5) is 12.7. The van der Waals surface area contributed by atoms with Crippen LogP contribution in [0.4, 0.5) is 13.2 Å². The second-order valence-electron chi connectivity index (χ2n) is 6.41. The maximum absolute atomic E-state index is 13.0. The largest absolute Gasteiger partial charge is 0.416 e. The third-order valence-electron chi connectivity index (χ3n) is 4.35. The third-order valence-corrected chi connectivity index (χ3v) is 4.35. The topological polar surface area (TPSA) is 26.4 Å². The van der Waals surface area contributed by atoms with Crippen molar-refractivity contribution in [2.45, 2.75) is 26.9 Å². The zero-order valence-electron chi connectivity index (χ0n) is 16.7. The van der Waals surface area contributed by atoms with Crippen molar-refractivity contribution in [2.24, 2.45) is 0 Å². The summed E-state index contributed by atoms with van der Waals surface area (Å²) in [6.07, 6.45) is 0.00910.